The summed E-state index contributed by atoms with van der Waals surface area (Å²) in [4.78, 5) is 38.8. The molecule has 0 aromatic heterocycles. The number of rotatable bonds is 6. The van der Waals surface area contributed by atoms with E-state index in [0.29, 0.717) is 11.6 Å². The molecule has 0 saturated carbocycles. The van der Waals surface area contributed by atoms with E-state index < -0.39 is 22.4 Å². The second-order valence-corrected chi connectivity index (χ2v) is 8.07. The minimum Gasteiger partial charge on any atom is -0.362 e. The minimum atomic E-state index is -4.68. The first kappa shape index (κ1) is 24.2. The van der Waals surface area contributed by atoms with Crippen molar-refractivity contribution in [3.05, 3.63) is 68.8 Å². The zero-order chi connectivity index (χ0) is 24.3. The second-order valence-electron chi connectivity index (χ2n) is 8.07. The second kappa shape index (κ2) is 9.60. The summed E-state index contributed by atoms with van der Waals surface area (Å²) >= 11 is 0. The molecule has 0 radical (unpaired) electrons. The van der Waals surface area contributed by atoms with Gasteiger partial charge in [0.2, 0.25) is 5.91 Å². The number of carbonyl (C=O) groups excluding carboxylic acids is 2. The molecule has 1 heterocycles. The lowest BCUT2D eigenvalue weighted by atomic mass is 9.99. The van der Waals surface area contributed by atoms with Crippen molar-refractivity contribution in [3.8, 4) is 0 Å². The van der Waals surface area contributed by atoms with Crippen molar-refractivity contribution in [2.45, 2.75) is 32.9 Å². The Balaban J connectivity index is 1.60. The molecule has 0 atom stereocenters. The number of benzene rings is 2. The maximum Gasteiger partial charge on any atom is 0.416 e. The molecule has 1 amide bonds. The number of piperazine rings is 1. The number of nitrogens with zero attached hydrogens (tertiary/aromatic N) is 3. The summed E-state index contributed by atoms with van der Waals surface area (Å²) in [5.74, 6) is -0.307. The largest absolute Gasteiger partial charge is 0.416 e. The van der Waals surface area contributed by atoms with Crippen molar-refractivity contribution in [1.29, 1.82) is 0 Å². The molecule has 0 unspecified atom stereocenters. The number of nitro benzene ring substituents is 1. The van der Waals surface area contributed by atoms with Crippen LogP contribution in [0.3, 0.4) is 0 Å². The highest BCUT2D eigenvalue weighted by Gasteiger charge is 2.34. The van der Waals surface area contributed by atoms with E-state index >= 15 is 0 Å². The maximum absolute atomic E-state index is 12.9. The summed E-state index contributed by atoms with van der Waals surface area (Å²) in [5.41, 5.74) is 0.796. The number of carbonyl (C=O) groups is 2. The Morgan fingerprint density at radius 1 is 1.00 bits per heavy atom. The Labute approximate surface area is 188 Å². The molecule has 1 fully saturated rings. The number of nitro groups is 1. The zero-order valence-corrected chi connectivity index (χ0v) is 18.3. The number of Topliss-reactive ketones (excluding diaryl/α,β-unsaturated/α-hetero) is 1. The molecular formula is C23H24F3N3O4. The van der Waals surface area contributed by atoms with Gasteiger partial charge in [0.1, 0.15) is 5.69 Å². The Kier molecular flexibility index (Phi) is 7.04. The van der Waals surface area contributed by atoms with E-state index in [4.69, 9.17) is 0 Å². The highest BCUT2D eigenvalue weighted by atomic mass is 19.4. The van der Waals surface area contributed by atoms with Crippen molar-refractivity contribution in [3.63, 3.8) is 0 Å². The van der Waals surface area contributed by atoms with E-state index in [9.17, 15) is 32.9 Å². The lowest BCUT2D eigenvalue weighted by molar-refractivity contribution is -0.384. The molecule has 3 rings (SSSR count). The molecule has 1 aliphatic heterocycles. The first-order chi connectivity index (χ1) is 15.5. The molecule has 7 nitrogen and oxygen atoms in total. The highest BCUT2D eigenvalue weighted by molar-refractivity contribution is 5.99. The van der Waals surface area contributed by atoms with Crippen LogP contribution in [-0.2, 0) is 11.0 Å². The SMILES string of the molecule is Cc1ccc(C)c(C(=O)CCC(=O)N2CCN(c3ccc(C(F)(F)F)cc3[N+](=O)[O-])CC2)c1. The molecule has 0 N–H and O–H groups in total. The Morgan fingerprint density at radius 3 is 2.27 bits per heavy atom. The third kappa shape index (κ3) is 5.68. The Bertz CT molecular complexity index is 1080. The molecule has 176 valence electrons. The van der Waals surface area contributed by atoms with Crippen LogP contribution < -0.4 is 4.90 Å². The lowest BCUT2D eigenvalue weighted by Gasteiger charge is -2.36. The number of alkyl halides is 3. The minimum absolute atomic E-state index is 0.0483. The van der Waals surface area contributed by atoms with Crippen LogP contribution in [0.1, 0.15) is 39.9 Å². The van der Waals surface area contributed by atoms with E-state index in [-0.39, 0.29) is 56.4 Å². The van der Waals surface area contributed by atoms with Crippen LogP contribution in [0.4, 0.5) is 24.5 Å². The molecule has 0 aliphatic carbocycles. The molecule has 0 spiro atoms. The van der Waals surface area contributed by atoms with E-state index in [1.54, 1.807) is 15.9 Å². The predicted octanol–water partition coefficient (Wildman–Crippen LogP) is 4.54. The van der Waals surface area contributed by atoms with Crippen LogP contribution in [0.15, 0.2) is 36.4 Å². The van der Waals surface area contributed by atoms with E-state index in [1.165, 1.54) is 0 Å². The average Bonchev–Trinajstić information content (AvgIpc) is 2.77. The number of hydrogen-bond donors (Lipinski definition) is 0. The molecule has 1 saturated heterocycles. The first-order valence-corrected chi connectivity index (χ1v) is 10.5. The molecule has 10 heteroatoms. The molecule has 33 heavy (non-hydrogen) atoms. The molecule has 1 aliphatic rings. The van der Waals surface area contributed by atoms with E-state index in [0.717, 1.165) is 23.3 Å². The Morgan fingerprint density at radius 2 is 1.67 bits per heavy atom. The standard InChI is InChI=1S/C23H24F3N3O4/c1-15-3-4-16(2)18(13-15)21(30)7-8-22(31)28-11-9-27(10-12-28)19-6-5-17(23(24,25)26)14-20(19)29(32)33/h3-6,13-14H,7-12H2,1-2H3. The van der Waals surface area contributed by atoms with Crippen LogP contribution in [0, 0.1) is 24.0 Å². The van der Waals surface area contributed by atoms with Gasteiger partial charge in [-0.05, 0) is 37.6 Å². The average molecular weight is 463 g/mol. The van der Waals surface area contributed by atoms with Crippen molar-refractivity contribution in [2.24, 2.45) is 0 Å². The summed E-state index contributed by atoms with van der Waals surface area (Å²) in [5, 5.41) is 11.3. The summed E-state index contributed by atoms with van der Waals surface area (Å²) in [7, 11) is 0. The number of anilines is 1. The summed E-state index contributed by atoms with van der Waals surface area (Å²) < 4.78 is 38.8. The zero-order valence-electron chi connectivity index (χ0n) is 18.3. The van der Waals surface area contributed by atoms with Crippen molar-refractivity contribution < 1.29 is 27.7 Å². The van der Waals surface area contributed by atoms with Gasteiger partial charge in [-0.3, -0.25) is 19.7 Å². The van der Waals surface area contributed by atoms with Crippen molar-refractivity contribution in [2.75, 3.05) is 31.1 Å². The summed E-state index contributed by atoms with van der Waals surface area (Å²) in [6.45, 7) is 4.73. The van der Waals surface area contributed by atoms with E-state index in [1.807, 2.05) is 26.0 Å². The normalized spacial score (nSPS) is 14.3. The van der Waals surface area contributed by atoms with Gasteiger partial charge in [-0.25, -0.2) is 0 Å². The molecule has 2 aromatic rings. The van der Waals surface area contributed by atoms with Gasteiger partial charge in [0, 0.05) is 50.7 Å². The summed E-state index contributed by atoms with van der Waals surface area (Å²) in [6.07, 6.45) is -4.55. The van der Waals surface area contributed by atoms with Crippen LogP contribution in [0.25, 0.3) is 0 Å². The van der Waals surface area contributed by atoms with Gasteiger partial charge in [-0.15, -0.1) is 0 Å². The number of hydrogen-bond acceptors (Lipinski definition) is 5. The fourth-order valence-electron chi connectivity index (χ4n) is 3.86. The first-order valence-electron chi connectivity index (χ1n) is 10.5. The van der Waals surface area contributed by atoms with Crippen molar-refractivity contribution in [1.82, 2.24) is 4.90 Å². The van der Waals surface area contributed by atoms with Gasteiger partial charge >= 0.3 is 6.18 Å². The van der Waals surface area contributed by atoms with E-state index in [2.05, 4.69) is 0 Å². The number of amides is 1. The van der Waals surface area contributed by atoms with Crippen LogP contribution >= 0.6 is 0 Å². The van der Waals surface area contributed by atoms with Crippen LogP contribution in [0.2, 0.25) is 0 Å². The van der Waals surface area contributed by atoms with Gasteiger partial charge in [-0.2, -0.15) is 13.2 Å². The molecular weight excluding hydrogens is 439 g/mol. The number of ketones is 1. The van der Waals surface area contributed by atoms with Crippen LogP contribution in [-0.4, -0.2) is 47.7 Å². The lowest BCUT2D eigenvalue weighted by Crippen LogP contribution is -2.49. The molecule has 0 bridgehead atoms. The van der Waals surface area contributed by atoms with Gasteiger partial charge in [-0.1, -0.05) is 17.7 Å². The van der Waals surface area contributed by atoms with Gasteiger partial charge in [0.05, 0.1) is 10.5 Å². The smallest absolute Gasteiger partial charge is 0.362 e. The number of aryl methyl sites for hydroxylation is 2. The predicted molar refractivity (Wildman–Crippen MR) is 116 cm³/mol. The molecule has 2 aromatic carbocycles. The fraction of sp³-hybridized carbons (Fsp3) is 0.391. The monoisotopic (exact) mass is 463 g/mol. The van der Waals surface area contributed by atoms with Gasteiger partial charge < -0.3 is 9.80 Å². The fourth-order valence-corrected chi connectivity index (χ4v) is 3.86. The van der Waals surface area contributed by atoms with Crippen molar-refractivity contribution >= 4 is 23.1 Å². The quantitative estimate of drug-likeness (QED) is 0.357. The summed E-state index contributed by atoms with van der Waals surface area (Å²) in [6, 6.07) is 8.03. The number of halogens is 3. The Hall–Kier alpha value is -3.43. The third-order valence-electron chi connectivity index (χ3n) is 5.73. The topological polar surface area (TPSA) is 83.8 Å². The van der Waals surface area contributed by atoms with Crippen LogP contribution in [0.5, 0.6) is 0 Å². The van der Waals surface area contributed by atoms with Gasteiger partial charge in [0.25, 0.3) is 5.69 Å². The van der Waals surface area contributed by atoms with Gasteiger partial charge in [0.15, 0.2) is 5.78 Å². The highest BCUT2D eigenvalue weighted by Crippen LogP contribution is 2.36. The third-order valence-corrected chi connectivity index (χ3v) is 5.73. The maximum atomic E-state index is 12.9.